The lowest BCUT2D eigenvalue weighted by Gasteiger charge is -2.10. The third-order valence-corrected chi connectivity index (χ3v) is 5.45. The number of fused-ring (bicyclic) bond motifs is 1. The van der Waals surface area contributed by atoms with Crippen LogP contribution in [-0.2, 0) is 11.2 Å². The van der Waals surface area contributed by atoms with Crippen LogP contribution in [0.1, 0.15) is 18.1 Å². The van der Waals surface area contributed by atoms with Gasteiger partial charge in [-0.1, -0.05) is 24.3 Å². The Morgan fingerprint density at radius 2 is 1.70 bits per heavy atom. The highest BCUT2D eigenvalue weighted by atomic mass is 19.1. The third kappa shape index (κ3) is 5.12. The highest BCUT2D eigenvalue weighted by Crippen LogP contribution is 2.37. The molecular weight excluding hydrogens is 424 g/mol. The molecule has 1 heterocycles. The number of allylic oxidation sites excluding steroid dienone is 1. The van der Waals surface area contributed by atoms with E-state index in [2.05, 4.69) is 5.32 Å². The molecule has 4 rings (SSSR count). The van der Waals surface area contributed by atoms with Crippen molar-refractivity contribution in [2.24, 2.45) is 0 Å². The van der Waals surface area contributed by atoms with Crippen LogP contribution in [-0.4, -0.2) is 19.6 Å². The van der Waals surface area contributed by atoms with Gasteiger partial charge < -0.3 is 14.5 Å². The van der Waals surface area contributed by atoms with Crippen molar-refractivity contribution < 1.29 is 22.7 Å². The van der Waals surface area contributed by atoms with E-state index in [1.165, 1.54) is 30.3 Å². The Morgan fingerprint density at radius 3 is 2.36 bits per heavy atom. The zero-order valence-electron chi connectivity index (χ0n) is 18.3. The lowest BCUT2D eigenvalue weighted by Crippen LogP contribution is -2.23. The van der Waals surface area contributed by atoms with Gasteiger partial charge in [0.2, 0.25) is 5.91 Å². The fraction of sp³-hybridized carbons (Fsp3) is 0.148. The molecule has 4 nitrogen and oxygen atoms in total. The van der Waals surface area contributed by atoms with E-state index in [1.54, 1.807) is 43.7 Å². The summed E-state index contributed by atoms with van der Waals surface area (Å²) in [7, 11) is 1.56. The number of hydrogen-bond donors (Lipinski definition) is 1. The Bertz CT molecular complexity index is 1310. The smallest absolute Gasteiger partial charge is 0.244 e. The largest absolute Gasteiger partial charge is 0.496 e. The van der Waals surface area contributed by atoms with Gasteiger partial charge in [0.25, 0.3) is 0 Å². The number of methoxy groups -OCH3 is 1. The number of furan rings is 1. The van der Waals surface area contributed by atoms with Gasteiger partial charge in [-0.05, 0) is 60.4 Å². The molecule has 3 aromatic carbocycles. The summed E-state index contributed by atoms with van der Waals surface area (Å²) in [5.41, 5.74) is 4.70. The van der Waals surface area contributed by atoms with Crippen molar-refractivity contribution in [1.29, 1.82) is 0 Å². The molecular formula is C27H23F2NO3. The van der Waals surface area contributed by atoms with Crippen LogP contribution in [0.3, 0.4) is 0 Å². The van der Waals surface area contributed by atoms with Crippen LogP contribution in [0.25, 0.3) is 27.7 Å². The number of ether oxygens (including phenoxy) is 1. The van der Waals surface area contributed by atoms with Crippen molar-refractivity contribution in [1.82, 2.24) is 5.32 Å². The summed E-state index contributed by atoms with van der Waals surface area (Å²) in [6, 6.07) is 16.1. The Balaban J connectivity index is 1.55. The zero-order valence-corrected chi connectivity index (χ0v) is 18.3. The van der Waals surface area contributed by atoms with Gasteiger partial charge in [0.15, 0.2) is 0 Å². The monoisotopic (exact) mass is 447 g/mol. The fourth-order valence-corrected chi connectivity index (χ4v) is 3.69. The van der Waals surface area contributed by atoms with Crippen molar-refractivity contribution in [3.05, 3.63) is 95.8 Å². The van der Waals surface area contributed by atoms with Crippen molar-refractivity contribution in [3.63, 3.8) is 0 Å². The molecule has 4 aromatic rings. The van der Waals surface area contributed by atoms with Crippen LogP contribution in [0.2, 0.25) is 0 Å². The van der Waals surface area contributed by atoms with Crippen LogP contribution in [0.4, 0.5) is 8.78 Å². The maximum Gasteiger partial charge on any atom is 0.244 e. The molecule has 0 aliphatic rings. The van der Waals surface area contributed by atoms with Gasteiger partial charge in [-0.25, -0.2) is 8.78 Å². The number of rotatable bonds is 7. The van der Waals surface area contributed by atoms with Crippen molar-refractivity contribution in [3.8, 4) is 16.9 Å². The van der Waals surface area contributed by atoms with Gasteiger partial charge in [-0.3, -0.25) is 4.79 Å². The molecule has 0 radical (unpaired) electrons. The van der Waals surface area contributed by atoms with E-state index in [9.17, 15) is 13.6 Å². The number of carbonyl (C=O) groups is 1. The van der Waals surface area contributed by atoms with Crippen LogP contribution in [0.15, 0.2) is 77.4 Å². The van der Waals surface area contributed by atoms with Crippen LogP contribution >= 0.6 is 0 Å². The number of nitrogens with one attached hydrogen (secondary N) is 1. The molecule has 6 heteroatoms. The number of halogens is 2. The molecule has 1 N–H and O–H groups in total. The Hall–Kier alpha value is -3.93. The lowest BCUT2D eigenvalue weighted by molar-refractivity contribution is -0.116. The van der Waals surface area contributed by atoms with E-state index in [1.807, 2.05) is 13.0 Å². The summed E-state index contributed by atoms with van der Waals surface area (Å²) in [5, 5.41) is 3.69. The topological polar surface area (TPSA) is 51.5 Å². The summed E-state index contributed by atoms with van der Waals surface area (Å²) in [5.74, 6) is -0.247. The second-order valence-corrected chi connectivity index (χ2v) is 7.70. The van der Waals surface area contributed by atoms with E-state index in [0.717, 1.165) is 33.2 Å². The van der Waals surface area contributed by atoms with Crippen molar-refractivity contribution in [2.45, 2.75) is 13.3 Å². The highest BCUT2D eigenvalue weighted by Gasteiger charge is 2.15. The molecule has 1 aromatic heterocycles. The van der Waals surface area contributed by atoms with Crippen LogP contribution in [0, 0.1) is 11.6 Å². The molecule has 0 aliphatic carbocycles. The maximum atomic E-state index is 13.3. The molecule has 0 unspecified atom stereocenters. The molecule has 0 saturated carbocycles. The predicted molar refractivity (Wildman–Crippen MR) is 125 cm³/mol. The van der Waals surface area contributed by atoms with Gasteiger partial charge in [0.05, 0.1) is 13.4 Å². The summed E-state index contributed by atoms with van der Waals surface area (Å²) in [6.07, 6.45) is 3.75. The van der Waals surface area contributed by atoms with Gasteiger partial charge in [-0.2, -0.15) is 0 Å². The molecule has 1 amide bonds. The van der Waals surface area contributed by atoms with Crippen LogP contribution in [0.5, 0.6) is 5.75 Å². The molecule has 168 valence electrons. The SMILES string of the molecule is COc1cc2occ(-c3ccc(F)cc3)c2cc1/C(C)=C/C(=O)NCCc1ccc(F)cc1. The summed E-state index contributed by atoms with van der Waals surface area (Å²) < 4.78 is 37.6. The molecule has 0 atom stereocenters. The third-order valence-electron chi connectivity index (χ3n) is 5.45. The van der Waals surface area contributed by atoms with E-state index < -0.39 is 0 Å². The second-order valence-electron chi connectivity index (χ2n) is 7.70. The minimum atomic E-state index is -0.307. The minimum absolute atomic E-state index is 0.234. The fourth-order valence-electron chi connectivity index (χ4n) is 3.69. The van der Waals surface area contributed by atoms with E-state index >= 15 is 0 Å². The number of carbonyl (C=O) groups excluding carboxylic acids is 1. The molecule has 33 heavy (non-hydrogen) atoms. The average Bonchev–Trinajstić information content (AvgIpc) is 3.23. The summed E-state index contributed by atoms with van der Waals surface area (Å²) >= 11 is 0. The lowest BCUT2D eigenvalue weighted by atomic mass is 9.99. The Kier molecular flexibility index (Phi) is 6.54. The first kappa shape index (κ1) is 22.3. The maximum absolute atomic E-state index is 13.3. The first-order valence-corrected chi connectivity index (χ1v) is 10.5. The summed E-state index contributed by atoms with van der Waals surface area (Å²) in [6.45, 7) is 2.27. The highest BCUT2D eigenvalue weighted by molar-refractivity contribution is 6.00. The van der Waals surface area contributed by atoms with Gasteiger partial charge in [0.1, 0.15) is 23.0 Å². The average molecular weight is 447 g/mol. The predicted octanol–water partition coefficient (Wildman–Crippen LogP) is 6.15. The number of amides is 1. The first-order chi connectivity index (χ1) is 15.9. The Morgan fingerprint density at radius 1 is 1.03 bits per heavy atom. The van der Waals surface area contributed by atoms with Crippen LogP contribution < -0.4 is 10.1 Å². The van der Waals surface area contributed by atoms with E-state index in [-0.39, 0.29) is 17.5 Å². The summed E-state index contributed by atoms with van der Waals surface area (Å²) in [4.78, 5) is 12.5. The van der Waals surface area contributed by atoms with Gasteiger partial charge in [0, 0.05) is 35.2 Å². The van der Waals surface area contributed by atoms with Gasteiger partial charge in [-0.15, -0.1) is 0 Å². The minimum Gasteiger partial charge on any atom is -0.496 e. The van der Waals surface area contributed by atoms with E-state index in [4.69, 9.17) is 9.15 Å². The standard InChI is InChI=1S/C27H23F2NO3/c1-17(13-27(31)30-12-11-18-3-7-20(28)8-4-18)22-14-23-24(19-5-9-21(29)10-6-19)16-33-26(23)15-25(22)32-2/h3-10,13-16H,11-12H2,1-2H3,(H,30,31)/b17-13+. The first-order valence-electron chi connectivity index (χ1n) is 10.5. The molecule has 0 aliphatic heterocycles. The molecule has 0 saturated heterocycles. The Labute approximate surface area is 190 Å². The number of benzene rings is 3. The molecule has 0 bridgehead atoms. The van der Waals surface area contributed by atoms with E-state index in [0.29, 0.717) is 24.3 Å². The van der Waals surface area contributed by atoms with Crippen molar-refractivity contribution >= 4 is 22.4 Å². The normalized spacial score (nSPS) is 11.6. The quantitative estimate of drug-likeness (QED) is 0.346. The number of hydrogen-bond acceptors (Lipinski definition) is 3. The van der Waals surface area contributed by atoms with Gasteiger partial charge >= 0.3 is 0 Å². The second kappa shape index (κ2) is 9.69. The molecule has 0 fully saturated rings. The molecule has 0 spiro atoms. The zero-order chi connectivity index (χ0) is 23.4. The van der Waals surface area contributed by atoms with Crippen molar-refractivity contribution in [2.75, 3.05) is 13.7 Å².